The third-order valence-electron chi connectivity index (χ3n) is 2.37. The van der Waals surface area contributed by atoms with Gasteiger partial charge in [-0.3, -0.25) is 4.98 Å². The second-order valence-corrected chi connectivity index (χ2v) is 4.51. The average Bonchev–Trinajstić information content (AvgIpc) is 2.42. The number of carbonyl (C=O) groups is 1. The summed E-state index contributed by atoms with van der Waals surface area (Å²) in [5, 5.41) is 0. The molecule has 2 aromatic rings. The van der Waals surface area contributed by atoms with E-state index in [4.69, 9.17) is 10.5 Å². The maximum absolute atomic E-state index is 11.6. The Morgan fingerprint density at radius 3 is 2.84 bits per heavy atom. The normalized spacial score (nSPS) is 10.0. The zero-order valence-corrected chi connectivity index (χ0v) is 11.7. The Balaban J connectivity index is 2.38. The lowest BCUT2D eigenvalue weighted by atomic mass is 10.1. The van der Waals surface area contributed by atoms with Gasteiger partial charge in [0.1, 0.15) is 11.5 Å². The van der Waals surface area contributed by atoms with Gasteiger partial charge in [-0.1, -0.05) is 0 Å². The third kappa shape index (κ3) is 3.03. The molecule has 1 heterocycles. The number of benzene rings is 1. The van der Waals surface area contributed by atoms with Gasteiger partial charge >= 0.3 is 5.97 Å². The Kier molecular flexibility index (Phi) is 4.01. The van der Waals surface area contributed by atoms with Crippen LogP contribution in [0, 0.1) is 0 Å². The largest absolute Gasteiger partial charge is 0.465 e. The van der Waals surface area contributed by atoms with Crippen molar-refractivity contribution in [3.63, 3.8) is 0 Å². The van der Waals surface area contributed by atoms with Gasteiger partial charge in [0.15, 0.2) is 0 Å². The van der Waals surface area contributed by atoms with Gasteiger partial charge in [-0.05, 0) is 40.2 Å². The summed E-state index contributed by atoms with van der Waals surface area (Å²) in [6.07, 6.45) is 3.21. The molecule has 98 valence electrons. The second kappa shape index (κ2) is 5.71. The highest BCUT2D eigenvalue weighted by Crippen LogP contribution is 2.33. The van der Waals surface area contributed by atoms with E-state index < -0.39 is 5.97 Å². The molecular weight excluding hydrogens is 312 g/mol. The number of carbonyl (C=O) groups excluding carboxylic acids is 1. The smallest absolute Gasteiger partial charge is 0.340 e. The minimum absolute atomic E-state index is 0.254. The van der Waals surface area contributed by atoms with Gasteiger partial charge in [-0.15, -0.1) is 0 Å². The number of halogens is 1. The molecule has 0 aliphatic carbocycles. The Morgan fingerprint density at radius 2 is 2.21 bits per heavy atom. The lowest BCUT2D eigenvalue weighted by Crippen LogP contribution is -2.06. The van der Waals surface area contributed by atoms with E-state index in [1.807, 2.05) is 0 Å². The molecule has 1 aromatic carbocycles. The number of esters is 1. The predicted octanol–water partition coefficient (Wildman–Crippen LogP) is 3.01. The maximum Gasteiger partial charge on any atom is 0.340 e. The first kappa shape index (κ1) is 13.4. The monoisotopic (exact) mass is 322 g/mol. The topological polar surface area (TPSA) is 74.4 Å². The van der Waals surface area contributed by atoms with Gasteiger partial charge in [-0.2, -0.15) is 0 Å². The number of ether oxygens (including phenoxy) is 2. The van der Waals surface area contributed by atoms with Crippen molar-refractivity contribution in [1.82, 2.24) is 4.98 Å². The van der Waals surface area contributed by atoms with E-state index in [0.29, 0.717) is 21.7 Å². The first-order chi connectivity index (χ1) is 9.11. The van der Waals surface area contributed by atoms with Crippen molar-refractivity contribution in [3.05, 3.63) is 46.7 Å². The minimum Gasteiger partial charge on any atom is -0.465 e. The molecule has 0 atom stereocenters. The molecule has 0 saturated heterocycles. The number of nitrogens with two attached hydrogens (primary N) is 1. The average molecular weight is 323 g/mol. The van der Waals surface area contributed by atoms with Crippen LogP contribution in [0.2, 0.25) is 0 Å². The molecule has 2 rings (SSSR count). The molecule has 0 spiro atoms. The fourth-order valence-corrected chi connectivity index (χ4v) is 1.91. The van der Waals surface area contributed by atoms with E-state index >= 15 is 0 Å². The first-order valence-corrected chi connectivity index (χ1v) is 6.16. The Hall–Kier alpha value is -2.08. The van der Waals surface area contributed by atoms with Crippen molar-refractivity contribution in [2.75, 3.05) is 12.8 Å². The van der Waals surface area contributed by atoms with E-state index in [9.17, 15) is 4.79 Å². The summed E-state index contributed by atoms with van der Waals surface area (Å²) in [7, 11) is 1.30. The lowest BCUT2D eigenvalue weighted by molar-refractivity contribution is 0.0601. The van der Waals surface area contributed by atoms with Crippen LogP contribution in [0.3, 0.4) is 0 Å². The van der Waals surface area contributed by atoms with Crippen LogP contribution in [0.4, 0.5) is 5.69 Å². The van der Waals surface area contributed by atoms with E-state index in [-0.39, 0.29) is 5.56 Å². The molecule has 0 aliphatic heterocycles. The van der Waals surface area contributed by atoms with Crippen molar-refractivity contribution in [1.29, 1.82) is 0 Å². The van der Waals surface area contributed by atoms with Crippen molar-refractivity contribution in [2.45, 2.75) is 0 Å². The lowest BCUT2D eigenvalue weighted by Gasteiger charge is -2.10. The highest BCUT2D eigenvalue weighted by molar-refractivity contribution is 9.10. The van der Waals surface area contributed by atoms with Gasteiger partial charge in [0, 0.05) is 11.9 Å². The number of rotatable bonds is 3. The summed E-state index contributed by atoms with van der Waals surface area (Å²) in [4.78, 5) is 15.5. The number of nitrogen functional groups attached to an aromatic ring is 1. The highest BCUT2D eigenvalue weighted by Gasteiger charge is 2.14. The molecule has 0 bridgehead atoms. The Labute approximate surface area is 118 Å². The summed E-state index contributed by atoms with van der Waals surface area (Å²) in [6, 6.07) is 6.63. The number of methoxy groups -OCH3 is 1. The van der Waals surface area contributed by atoms with Gasteiger partial charge < -0.3 is 15.2 Å². The van der Waals surface area contributed by atoms with Crippen molar-refractivity contribution in [2.24, 2.45) is 0 Å². The van der Waals surface area contributed by atoms with Crippen LogP contribution >= 0.6 is 15.9 Å². The highest BCUT2D eigenvalue weighted by atomic mass is 79.9. The molecule has 0 saturated carbocycles. The third-order valence-corrected chi connectivity index (χ3v) is 2.99. The molecule has 0 fully saturated rings. The number of hydrogen-bond donors (Lipinski definition) is 1. The summed E-state index contributed by atoms with van der Waals surface area (Å²) < 4.78 is 10.9. The Bertz CT molecular complexity index is 602. The number of aromatic nitrogens is 1. The van der Waals surface area contributed by atoms with Crippen LogP contribution in [0.15, 0.2) is 41.1 Å². The molecular formula is C13H11BrN2O3. The van der Waals surface area contributed by atoms with Crippen LogP contribution in [0.1, 0.15) is 10.4 Å². The molecule has 19 heavy (non-hydrogen) atoms. The maximum atomic E-state index is 11.6. The van der Waals surface area contributed by atoms with Crippen LogP contribution in [-0.4, -0.2) is 18.1 Å². The number of nitrogens with zero attached hydrogens (tertiary/aromatic N) is 1. The SMILES string of the molecule is COC(=O)c1cc(Oc2cccnc2)c(Br)cc1N. The quantitative estimate of drug-likeness (QED) is 0.694. The number of anilines is 1. The molecule has 6 heteroatoms. The van der Waals surface area contributed by atoms with E-state index in [0.717, 1.165) is 0 Å². The van der Waals surface area contributed by atoms with E-state index in [1.54, 1.807) is 30.6 Å². The molecule has 1 aromatic heterocycles. The number of pyridine rings is 1. The van der Waals surface area contributed by atoms with Crippen LogP contribution in [-0.2, 0) is 4.74 Å². The molecule has 0 radical (unpaired) electrons. The molecule has 0 amide bonds. The standard InChI is InChI=1S/C13H11BrN2O3/c1-18-13(17)9-5-12(10(14)6-11(9)15)19-8-3-2-4-16-7-8/h2-7H,15H2,1H3. The van der Waals surface area contributed by atoms with Gasteiger partial charge in [0.25, 0.3) is 0 Å². The van der Waals surface area contributed by atoms with Crippen molar-refractivity contribution < 1.29 is 14.3 Å². The fraction of sp³-hybridized carbons (Fsp3) is 0.0769. The summed E-state index contributed by atoms with van der Waals surface area (Å²) in [6.45, 7) is 0. The van der Waals surface area contributed by atoms with Gasteiger partial charge in [-0.25, -0.2) is 4.79 Å². The predicted molar refractivity (Wildman–Crippen MR) is 74.2 cm³/mol. The van der Waals surface area contributed by atoms with E-state index in [2.05, 4.69) is 25.7 Å². The van der Waals surface area contributed by atoms with Crippen LogP contribution in [0.25, 0.3) is 0 Å². The van der Waals surface area contributed by atoms with Gasteiger partial charge in [0.2, 0.25) is 0 Å². The van der Waals surface area contributed by atoms with E-state index in [1.165, 1.54) is 13.2 Å². The van der Waals surface area contributed by atoms with Crippen molar-refractivity contribution >= 4 is 27.6 Å². The van der Waals surface area contributed by atoms with Gasteiger partial charge in [0.05, 0.1) is 23.3 Å². The van der Waals surface area contributed by atoms with Crippen molar-refractivity contribution in [3.8, 4) is 11.5 Å². The minimum atomic E-state index is -0.513. The molecule has 0 unspecified atom stereocenters. The summed E-state index contributed by atoms with van der Waals surface area (Å²) in [5.74, 6) is 0.507. The summed E-state index contributed by atoms with van der Waals surface area (Å²) in [5.41, 5.74) is 6.33. The zero-order valence-electron chi connectivity index (χ0n) is 10.1. The molecule has 0 aliphatic rings. The van der Waals surface area contributed by atoms with Crippen LogP contribution < -0.4 is 10.5 Å². The Morgan fingerprint density at radius 1 is 1.42 bits per heavy atom. The zero-order chi connectivity index (χ0) is 13.8. The summed E-state index contributed by atoms with van der Waals surface area (Å²) >= 11 is 3.33. The molecule has 5 nitrogen and oxygen atoms in total. The second-order valence-electron chi connectivity index (χ2n) is 3.65. The molecule has 2 N–H and O–H groups in total. The first-order valence-electron chi connectivity index (χ1n) is 5.37. The number of hydrogen-bond acceptors (Lipinski definition) is 5. The van der Waals surface area contributed by atoms with Crippen LogP contribution in [0.5, 0.6) is 11.5 Å². The fourth-order valence-electron chi connectivity index (χ4n) is 1.47.